The molecular weight excluding hydrogens is 460 g/mol. The molecule has 7 nitrogen and oxygen atoms in total. The Morgan fingerprint density at radius 3 is 2.63 bits per heavy atom. The number of H-pyrrole nitrogens is 1. The summed E-state index contributed by atoms with van der Waals surface area (Å²) < 4.78 is 10.7. The second-order valence-corrected chi connectivity index (χ2v) is 9.28. The normalized spacial score (nSPS) is 12.2. The molecule has 2 N–H and O–H groups in total. The van der Waals surface area contributed by atoms with Gasteiger partial charge in [-0.25, -0.2) is 4.98 Å². The Balaban J connectivity index is 1.47. The highest BCUT2D eigenvalue weighted by atomic mass is 32.1. The average molecular weight is 487 g/mol. The van der Waals surface area contributed by atoms with Gasteiger partial charge in [0, 0.05) is 36.7 Å². The standard InChI is InChI=1S/C27H26N4O3S/c1-16-23-26(34-3)30-22(15-33-2)31-27(23)35-24(16)25(32)29-13-19(17-9-5-4-6-10-17)20-14-28-21-12-8-7-11-18(20)21/h4-12,14,19,28H,13,15H2,1-3H3,(H,29,32). The zero-order valence-electron chi connectivity index (χ0n) is 19.8. The lowest BCUT2D eigenvalue weighted by molar-refractivity contribution is 0.0956. The number of carbonyl (C=O) groups is 1. The number of amides is 1. The fourth-order valence-electron chi connectivity index (χ4n) is 4.45. The summed E-state index contributed by atoms with van der Waals surface area (Å²) in [5.41, 5.74) is 4.18. The number of ether oxygens (including phenoxy) is 2. The van der Waals surface area contributed by atoms with E-state index >= 15 is 0 Å². The zero-order valence-corrected chi connectivity index (χ0v) is 20.6. The highest BCUT2D eigenvalue weighted by Crippen LogP contribution is 2.35. The van der Waals surface area contributed by atoms with Crippen LogP contribution < -0.4 is 10.1 Å². The summed E-state index contributed by atoms with van der Waals surface area (Å²) in [4.78, 5) is 27.1. The van der Waals surface area contributed by atoms with Gasteiger partial charge in [-0.3, -0.25) is 4.79 Å². The van der Waals surface area contributed by atoms with Crippen LogP contribution in [0.3, 0.4) is 0 Å². The zero-order chi connectivity index (χ0) is 24.4. The summed E-state index contributed by atoms with van der Waals surface area (Å²) in [5, 5.41) is 5.09. The molecule has 35 heavy (non-hydrogen) atoms. The molecule has 0 aliphatic heterocycles. The maximum absolute atomic E-state index is 13.4. The summed E-state index contributed by atoms with van der Waals surface area (Å²) >= 11 is 1.34. The molecule has 5 rings (SSSR count). The van der Waals surface area contributed by atoms with Crippen LogP contribution in [0.1, 0.15) is 38.1 Å². The topological polar surface area (TPSA) is 89.1 Å². The Hall–Kier alpha value is -3.75. The van der Waals surface area contributed by atoms with Crippen LogP contribution in [0.4, 0.5) is 0 Å². The van der Waals surface area contributed by atoms with Gasteiger partial charge in [-0.15, -0.1) is 11.3 Å². The number of thiophene rings is 1. The fraction of sp³-hybridized carbons (Fsp3) is 0.222. The van der Waals surface area contributed by atoms with Crippen LogP contribution >= 0.6 is 11.3 Å². The molecule has 0 saturated heterocycles. The Kier molecular flexibility index (Phi) is 6.48. The second-order valence-electron chi connectivity index (χ2n) is 8.28. The Labute approximate surface area is 207 Å². The number of aromatic amines is 1. The number of nitrogens with zero attached hydrogens (tertiary/aromatic N) is 2. The molecule has 3 heterocycles. The van der Waals surface area contributed by atoms with Gasteiger partial charge in [0.05, 0.1) is 17.4 Å². The van der Waals surface area contributed by atoms with Crippen LogP contribution in [-0.4, -0.2) is 41.6 Å². The molecule has 2 aromatic carbocycles. The highest BCUT2D eigenvalue weighted by molar-refractivity contribution is 7.20. The summed E-state index contributed by atoms with van der Waals surface area (Å²) in [7, 11) is 3.16. The molecule has 0 aliphatic carbocycles. The van der Waals surface area contributed by atoms with Gasteiger partial charge in [-0.2, -0.15) is 4.98 Å². The first-order chi connectivity index (χ1) is 17.1. The van der Waals surface area contributed by atoms with Crippen LogP contribution in [0.5, 0.6) is 5.88 Å². The Morgan fingerprint density at radius 1 is 1.09 bits per heavy atom. The van der Waals surface area contributed by atoms with E-state index < -0.39 is 0 Å². The minimum absolute atomic E-state index is 0.00591. The summed E-state index contributed by atoms with van der Waals surface area (Å²) in [6.07, 6.45) is 2.04. The minimum atomic E-state index is -0.137. The third-order valence-corrected chi connectivity index (χ3v) is 7.33. The number of aryl methyl sites for hydroxylation is 1. The van der Waals surface area contributed by atoms with E-state index in [2.05, 4.69) is 44.5 Å². The first kappa shape index (κ1) is 23.0. The second kappa shape index (κ2) is 9.85. The number of rotatable bonds is 8. The molecule has 0 aliphatic rings. The minimum Gasteiger partial charge on any atom is -0.480 e. The lowest BCUT2D eigenvalue weighted by Crippen LogP contribution is -2.28. The van der Waals surface area contributed by atoms with Crippen molar-refractivity contribution < 1.29 is 14.3 Å². The average Bonchev–Trinajstić information content (AvgIpc) is 3.46. The summed E-state index contributed by atoms with van der Waals surface area (Å²) in [5.74, 6) is 0.833. The van der Waals surface area contributed by atoms with Crippen molar-refractivity contribution in [2.75, 3.05) is 20.8 Å². The van der Waals surface area contributed by atoms with E-state index in [0.717, 1.165) is 33.0 Å². The van der Waals surface area contributed by atoms with E-state index in [0.29, 0.717) is 28.0 Å². The first-order valence-electron chi connectivity index (χ1n) is 11.3. The van der Waals surface area contributed by atoms with Crippen LogP contribution in [0.15, 0.2) is 60.8 Å². The van der Waals surface area contributed by atoms with Crippen molar-refractivity contribution >= 4 is 38.4 Å². The SMILES string of the molecule is COCc1nc(OC)c2c(C)c(C(=O)NCC(c3ccccc3)c3c[nH]c4ccccc34)sc2n1. The van der Waals surface area contributed by atoms with E-state index in [1.807, 2.05) is 43.5 Å². The van der Waals surface area contributed by atoms with Gasteiger partial charge >= 0.3 is 0 Å². The number of nitrogens with one attached hydrogen (secondary N) is 2. The largest absolute Gasteiger partial charge is 0.480 e. The maximum atomic E-state index is 13.4. The lowest BCUT2D eigenvalue weighted by Gasteiger charge is -2.18. The van der Waals surface area contributed by atoms with Gasteiger partial charge in [-0.1, -0.05) is 48.5 Å². The van der Waals surface area contributed by atoms with Gasteiger partial charge in [0.1, 0.15) is 11.4 Å². The molecule has 1 atom stereocenters. The molecule has 1 amide bonds. The summed E-state index contributed by atoms with van der Waals surface area (Å²) in [6, 6.07) is 18.5. The van der Waals surface area contributed by atoms with Crippen LogP contribution in [0, 0.1) is 6.92 Å². The number of carbonyl (C=O) groups excluding carboxylic acids is 1. The first-order valence-corrected chi connectivity index (χ1v) is 12.1. The number of hydrogen-bond donors (Lipinski definition) is 2. The van der Waals surface area contributed by atoms with E-state index in [9.17, 15) is 4.79 Å². The molecule has 0 fully saturated rings. The number of hydrogen-bond acceptors (Lipinski definition) is 6. The molecule has 5 aromatic rings. The van der Waals surface area contributed by atoms with Gasteiger partial charge in [0.25, 0.3) is 5.91 Å². The highest BCUT2D eigenvalue weighted by Gasteiger charge is 2.23. The fourth-order valence-corrected chi connectivity index (χ4v) is 5.56. The van der Waals surface area contributed by atoms with Gasteiger partial charge in [0.15, 0.2) is 5.82 Å². The van der Waals surface area contributed by atoms with E-state index in [-0.39, 0.29) is 18.4 Å². The molecule has 0 bridgehead atoms. The quantitative estimate of drug-likeness (QED) is 0.315. The molecular formula is C27H26N4O3S. The van der Waals surface area contributed by atoms with E-state index in [1.54, 1.807) is 14.2 Å². The predicted molar refractivity (Wildman–Crippen MR) is 138 cm³/mol. The smallest absolute Gasteiger partial charge is 0.261 e. The molecule has 8 heteroatoms. The maximum Gasteiger partial charge on any atom is 0.261 e. The van der Waals surface area contributed by atoms with Crippen molar-refractivity contribution in [2.24, 2.45) is 0 Å². The molecule has 0 spiro atoms. The molecule has 3 aromatic heterocycles. The third-order valence-electron chi connectivity index (χ3n) is 6.14. The Bertz CT molecular complexity index is 1490. The van der Waals surface area contributed by atoms with Crippen LogP contribution in [0.2, 0.25) is 0 Å². The lowest BCUT2D eigenvalue weighted by atomic mass is 9.91. The number of aromatic nitrogens is 3. The van der Waals surface area contributed by atoms with E-state index in [4.69, 9.17) is 9.47 Å². The van der Waals surface area contributed by atoms with Crippen molar-refractivity contribution in [1.29, 1.82) is 0 Å². The van der Waals surface area contributed by atoms with Gasteiger partial charge < -0.3 is 19.8 Å². The van der Waals surface area contributed by atoms with Crippen molar-refractivity contribution in [3.8, 4) is 5.88 Å². The predicted octanol–water partition coefficient (Wildman–Crippen LogP) is 5.20. The number of para-hydroxylation sites is 1. The van der Waals surface area contributed by atoms with Crippen molar-refractivity contribution in [3.05, 3.63) is 88.2 Å². The third kappa shape index (κ3) is 4.38. The van der Waals surface area contributed by atoms with Crippen molar-refractivity contribution in [3.63, 3.8) is 0 Å². The van der Waals surface area contributed by atoms with Crippen molar-refractivity contribution in [2.45, 2.75) is 19.4 Å². The number of fused-ring (bicyclic) bond motifs is 2. The molecule has 0 saturated carbocycles. The number of benzene rings is 2. The monoisotopic (exact) mass is 486 g/mol. The van der Waals surface area contributed by atoms with Gasteiger partial charge in [0.2, 0.25) is 5.88 Å². The number of methoxy groups -OCH3 is 2. The van der Waals surface area contributed by atoms with Crippen LogP contribution in [-0.2, 0) is 11.3 Å². The molecule has 1 unspecified atom stereocenters. The molecule has 178 valence electrons. The van der Waals surface area contributed by atoms with Crippen LogP contribution in [0.25, 0.3) is 21.1 Å². The van der Waals surface area contributed by atoms with Crippen molar-refractivity contribution in [1.82, 2.24) is 20.3 Å². The van der Waals surface area contributed by atoms with Gasteiger partial charge in [-0.05, 0) is 29.7 Å². The summed E-state index contributed by atoms with van der Waals surface area (Å²) in [6.45, 7) is 2.63. The Morgan fingerprint density at radius 2 is 1.86 bits per heavy atom. The van der Waals surface area contributed by atoms with E-state index in [1.165, 1.54) is 11.3 Å². The molecule has 0 radical (unpaired) electrons.